The zero-order chi connectivity index (χ0) is 16.5. The molecular weight excluding hydrogens is 300 g/mol. The zero-order valence-electron chi connectivity index (χ0n) is 14.4. The van der Waals surface area contributed by atoms with Crippen molar-refractivity contribution < 1.29 is 0 Å². The molecule has 1 fully saturated rings. The number of aryl methyl sites for hydroxylation is 1. The summed E-state index contributed by atoms with van der Waals surface area (Å²) in [6.45, 7) is 4.45. The summed E-state index contributed by atoms with van der Waals surface area (Å²) >= 11 is 0. The van der Waals surface area contributed by atoms with Crippen LogP contribution in [-0.2, 0) is 26.6 Å². The minimum atomic E-state index is 0.560. The standard InChI is InChI=1S/C18H24N6/c1-13-21-22-17(23(13)2)11-19-18(20-16-7-8-16)24-10-9-14-5-3-4-6-15(14)12-24/h3-6,16H,7-12H2,1-2H3,(H,19,20). The number of hydrogen-bond donors (Lipinski definition) is 1. The van der Waals surface area contributed by atoms with Gasteiger partial charge in [0.25, 0.3) is 0 Å². The molecule has 1 aliphatic heterocycles. The van der Waals surface area contributed by atoms with Crippen LogP contribution < -0.4 is 5.32 Å². The van der Waals surface area contributed by atoms with Crippen molar-refractivity contribution in [2.75, 3.05) is 6.54 Å². The summed E-state index contributed by atoms with van der Waals surface area (Å²) in [6.07, 6.45) is 3.56. The van der Waals surface area contributed by atoms with Gasteiger partial charge in [0.05, 0.1) is 0 Å². The first-order valence-corrected chi connectivity index (χ1v) is 8.68. The van der Waals surface area contributed by atoms with Gasteiger partial charge in [0.2, 0.25) is 0 Å². The smallest absolute Gasteiger partial charge is 0.194 e. The van der Waals surface area contributed by atoms with Crippen LogP contribution in [-0.4, -0.2) is 38.2 Å². The van der Waals surface area contributed by atoms with E-state index in [0.29, 0.717) is 12.6 Å². The van der Waals surface area contributed by atoms with Gasteiger partial charge in [-0.1, -0.05) is 24.3 Å². The lowest BCUT2D eigenvalue weighted by Crippen LogP contribution is -2.45. The molecule has 0 spiro atoms. The number of fused-ring (bicyclic) bond motifs is 1. The number of benzene rings is 1. The minimum absolute atomic E-state index is 0.560. The maximum Gasteiger partial charge on any atom is 0.194 e. The molecule has 6 heteroatoms. The number of hydrogen-bond acceptors (Lipinski definition) is 3. The molecule has 1 aromatic carbocycles. The molecule has 0 saturated heterocycles. The molecule has 0 bridgehead atoms. The van der Waals surface area contributed by atoms with E-state index in [9.17, 15) is 0 Å². The van der Waals surface area contributed by atoms with Gasteiger partial charge in [-0.25, -0.2) is 4.99 Å². The van der Waals surface area contributed by atoms with E-state index < -0.39 is 0 Å². The minimum Gasteiger partial charge on any atom is -0.353 e. The maximum atomic E-state index is 4.85. The molecule has 1 aliphatic carbocycles. The second kappa shape index (κ2) is 6.26. The highest BCUT2D eigenvalue weighted by atomic mass is 15.3. The topological polar surface area (TPSA) is 58.3 Å². The van der Waals surface area contributed by atoms with Gasteiger partial charge in [-0.15, -0.1) is 10.2 Å². The van der Waals surface area contributed by atoms with Gasteiger partial charge >= 0.3 is 0 Å². The fourth-order valence-electron chi connectivity index (χ4n) is 3.06. The molecule has 6 nitrogen and oxygen atoms in total. The van der Waals surface area contributed by atoms with Crippen molar-refractivity contribution in [3.8, 4) is 0 Å². The fourth-order valence-corrected chi connectivity index (χ4v) is 3.06. The lowest BCUT2D eigenvalue weighted by molar-refractivity contribution is 0.377. The van der Waals surface area contributed by atoms with E-state index in [1.165, 1.54) is 24.0 Å². The monoisotopic (exact) mass is 324 g/mol. The Hall–Kier alpha value is -2.37. The number of guanidine groups is 1. The molecule has 1 saturated carbocycles. The highest BCUT2D eigenvalue weighted by Gasteiger charge is 2.26. The Morgan fingerprint density at radius 3 is 2.75 bits per heavy atom. The second-order valence-electron chi connectivity index (χ2n) is 6.72. The van der Waals surface area contributed by atoms with E-state index in [0.717, 1.165) is 37.1 Å². The highest BCUT2D eigenvalue weighted by Crippen LogP contribution is 2.22. The third-order valence-electron chi connectivity index (χ3n) is 4.89. The summed E-state index contributed by atoms with van der Waals surface area (Å²) in [4.78, 5) is 7.22. The van der Waals surface area contributed by atoms with E-state index in [1.54, 1.807) is 0 Å². The SMILES string of the molecule is Cc1nnc(CN=C(NC2CC2)N2CCc3ccccc3C2)n1C. The third kappa shape index (κ3) is 3.13. The molecule has 1 aromatic heterocycles. The Bertz CT molecular complexity index is 759. The van der Waals surface area contributed by atoms with Crippen molar-refractivity contribution in [3.63, 3.8) is 0 Å². The lowest BCUT2D eigenvalue weighted by Gasteiger charge is -2.32. The molecular formula is C18H24N6. The number of aliphatic imine (C=N–C) groups is 1. The van der Waals surface area contributed by atoms with Crippen LogP contribution in [0.25, 0.3) is 0 Å². The van der Waals surface area contributed by atoms with Gasteiger partial charge in [-0.2, -0.15) is 0 Å². The van der Waals surface area contributed by atoms with E-state index >= 15 is 0 Å². The number of rotatable bonds is 3. The van der Waals surface area contributed by atoms with Gasteiger partial charge in [-0.05, 0) is 37.3 Å². The first-order chi connectivity index (χ1) is 11.7. The molecule has 2 aliphatic rings. The predicted molar refractivity (Wildman–Crippen MR) is 93.6 cm³/mol. The first kappa shape index (κ1) is 15.2. The van der Waals surface area contributed by atoms with E-state index in [4.69, 9.17) is 4.99 Å². The quantitative estimate of drug-likeness (QED) is 0.691. The fraction of sp³-hybridized carbons (Fsp3) is 0.500. The average molecular weight is 324 g/mol. The number of nitrogens with one attached hydrogen (secondary N) is 1. The number of nitrogens with zero attached hydrogens (tertiary/aromatic N) is 5. The van der Waals surface area contributed by atoms with Crippen LogP contribution >= 0.6 is 0 Å². The lowest BCUT2D eigenvalue weighted by atomic mass is 10.0. The highest BCUT2D eigenvalue weighted by molar-refractivity contribution is 5.81. The summed E-state index contributed by atoms with van der Waals surface area (Å²) in [6, 6.07) is 9.29. The van der Waals surface area contributed by atoms with Crippen LogP contribution in [0.1, 0.15) is 35.6 Å². The van der Waals surface area contributed by atoms with Gasteiger partial charge in [0.15, 0.2) is 11.8 Å². The molecule has 0 radical (unpaired) electrons. The maximum absolute atomic E-state index is 4.85. The molecule has 0 atom stereocenters. The average Bonchev–Trinajstić information content (AvgIpc) is 3.38. The van der Waals surface area contributed by atoms with Gasteiger partial charge < -0.3 is 14.8 Å². The zero-order valence-corrected chi connectivity index (χ0v) is 14.4. The summed E-state index contributed by atoms with van der Waals surface area (Å²) in [5.74, 6) is 2.83. The van der Waals surface area contributed by atoms with Crippen LogP contribution in [0.2, 0.25) is 0 Å². The van der Waals surface area contributed by atoms with Gasteiger partial charge in [0, 0.05) is 26.2 Å². The third-order valence-corrected chi connectivity index (χ3v) is 4.89. The Balaban J connectivity index is 1.53. The Labute approximate surface area is 142 Å². The van der Waals surface area contributed by atoms with Crippen molar-refractivity contribution in [2.45, 2.75) is 45.3 Å². The summed E-state index contributed by atoms with van der Waals surface area (Å²) in [5, 5.41) is 11.9. The van der Waals surface area contributed by atoms with Gasteiger partial charge in [-0.3, -0.25) is 0 Å². The summed E-state index contributed by atoms with van der Waals surface area (Å²) in [7, 11) is 1.99. The number of aromatic nitrogens is 3. The molecule has 0 amide bonds. The van der Waals surface area contributed by atoms with E-state index in [1.807, 2.05) is 18.5 Å². The largest absolute Gasteiger partial charge is 0.353 e. The summed E-state index contributed by atoms with van der Waals surface area (Å²) < 4.78 is 2.00. The van der Waals surface area contributed by atoms with Gasteiger partial charge in [0.1, 0.15) is 12.4 Å². The molecule has 1 N–H and O–H groups in total. The van der Waals surface area contributed by atoms with E-state index in [2.05, 4.69) is 44.7 Å². The van der Waals surface area contributed by atoms with Crippen LogP contribution in [0.15, 0.2) is 29.3 Å². The Morgan fingerprint density at radius 2 is 2.04 bits per heavy atom. The molecule has 2 heterocycles. The predicted octanol–water partition coefficient (Wildman–Crippen LogP) is 1.79. The van der Waals surface area contributed by atoms with Crippen LogP contribution in [0.4, 0.5) is 0 Å². The second-order valence-corrected chi connectivity index (χ2v) is 6.72. The van der Waals surface area contributed by atoms with Crippen molar-refractivity contribution in [1.29, 1.82) is 0 Å². The molecule has 24 heavy (non-hydrogen) atoms. The van der Waals surface area contributed by atoms with E-state index in [-0.39, 0.29) is 0 Å². The van der Waals surface area contributed by atoms with Crippen molar-refractivity contribution in [1.82, 2.24) is 25.0 Å². The Kier molecular flexibility index (Phi) is 3.96. The van der Waals surface area contributed by atoms with Crippen LogP contribution in [0.3, 0.4) is 0 Å². The molecule has 4 rings (SSSR count). The Morgan fingerprint density at radius 1 is 1.25 bits per heavy atom. The van der Waals surface area contributed by atoms with Crippen LogP contribution in [0.5, 0.6) is 0 Å². The molecule has 126 valence electrons. The molecule has 2 aromatic rings. The van der Waals surface area contributed by atoms with Crippen molar-refractivity contribution in [3.05, 3.63) is 47.0 Å². The van der Waals surface area contributed by atoms with Crippen molar-refractivity contribution in [2.24, 2.45) is 12.0 Å². The normalized spacial score (nSPS) is 17.8. The molecule has 0 unspecified atom stereocenters. The van der Waals surface area contributed by atoms with Crippen molar-refractivity contribution >= 4 is 5.96 Å². The first-order valence-electron chi connectivity index (χ1n) is 8.68. The summed E-state index contributed by atoms with van der Waals surface area (Å²) in [5.41, 5.74) is 2.87. The van der Waals surface area contributed by atoms with Crippen LogP contribution in [0, 0.1) is 6.92 Å².